The van der Waals surface area contributed by atoms with Gasteiger partial charge in [0.1, 0.15) is 0 Å². The van der Waals surface area contributed by atoms with Gasteiger partial charge < -0.3 is 8.85 Å². The summed E-state index contributed by atoms with van der Waals surface area (Å²) < 4.78 is 14.7. The molecule has 0 fully saturated rings. The van der Waals surface area contributed by atoms with E-state index in [1.807, 2.05) is 0 Å². The second-order valence-electron chi connectivity index (χ2n) is 13.8. The second-order valence-corrected chi connectivity index (χ2v) is 25.6. The molecule has 2 aromatic carbocycles. The van der Waals surface area contributed by atoms with E-state index in [1.165, 1.54) is 10.6 Å². The van der Waals surface area contributed by atoms with Crippen LogP contribution in [0.25, 0.3) is 0 Å². The highest BCUT2D eigenvalue weighted by Gasteiger charge is 2.45. The Morgan fingerprint density at radius 3 is 1.45 bits per heavy atom. The molecule has 2 aromatic rings. The lowest BCUT2D eigenvalue weighted by molar-refractivity contribution is 0.0399. The fourth-order valence-electron chi connectivity index (χ4n) is 4.28. The molecule has 0 heterocycles. The molecule has 0 unspecified atom stereocenters. The molecule has 0 bridgehead atoms. The predicted octanol–water partition coefficient (Wildman–Crippen LogP) is 9.03. The molecule has 0 saturated carbocycles. The average molecular weight is 567 g/mol. The van der Waals surface area contributed by atoms with E-state index in [0.717, 1.165) is 12.6 Å². The number of hydrogen-bond donors (Lipinski definition) is 0. The highest BCUT2D eigenvalue weighted by molar-refractivity contribution is 7.73. The Bertz CT molecular complexity index is 1010. The van der Waals surface area contributed by atoms with Crippen LogP contribution in [-0.4, -0.2) is 35.0 Å². The molecule has 1 aliphatic carbocycles. The largest absolute Gasteiger partial charge is 0.411 e. The molecule has 0 amide bonds. The van der Waals surface area contributed by atoms with E-state index >= 15 is 0 Å². The van der Waals surface area contributed by atoms with E-state index in [-0.39, 0.29) is 22.3 Å². The molecule has 0 saturated heterocycles. The van der Waals surface area contributed by atoms with Gasteiger partial charge in [-0.05, 0) is 67.1 Å². The Labute approximate surface area is 237 Å². The van der Waals surface area contributed by atoms with Crippen LogP contribution in [-0.2, 0) is 8.85 Å². The van der Waals surface area contributed by atoms with Crippen LogP contribution < -0.4 is 10.6 Å². The second kappa shape index (κ2) is 12.5. The standard InChI is InChI=1S/C33H51O2PSi2/c1-32(2,3)37(7,8)34-30(25-27-19-17-18-20-27)31(35-38(9,10)33(4,5)6)26-36(28-21-13-11-14-22-28)29-23-15-12-16-24-29/h11-24,27,30-31H,25-26H2,1-10H3/t30-,31-/m0/s1. The van der Waals surface area contributed by atoms with Gasteiger partial charge in [-0.1, -0.05) is 127 Å². The number of hydrogen-bond acceptors (Lipinski definition) is 2. The molecule has 0 N–H and O–H groups in total. The molecule has 2 nitrogen and oxygen atoms in total. The third-order valence-electron chi connectivity index (χ3n) is 8.75. The van der Waals surface area contributed by atoms with Crippen molar-refractivity contribution in [2.75, 3.05) is 6.16 Å². The molecular weight excluding hydrogens is 516 g/mol. The van der Waals surface area contributed by atoms with Crippen molar-refractivity contribution in [2.45, 2.75) is 96.4 Å². The topological polar surface area (TPSA) is 18.5 Å². The predicted molar refractivity (Wildman–Crippen MR) is 174 cm³/mol. The minimum atomic E-state index is -2.07. The summed E-state index contributed by atoms with van der Waals surface area (Å²) in [7, 11) is -4.71. The van der Waals surface area contributed by atoms with Gasteiger partial charge in [-0.3, -0.25) is 0 Å². The van der Waals surface area contributed by atoms with Crippen molar-refractivity contribution in [2.24, 2.45) is 5.92 Å². The van der Waals surface area contributed by atoms with E-state index in [2.05, 4.69) is 153 Å². The Balaban J connectivity index is 2.09. The molecule has 208 valence electrons. The van der Waals surface area contributed by atoms with Gasteiger partial charge in [0.05, 0.1) is 12.2 Å². The number of benzene rings is 2. The van der Waals surface area contributed by atoms with Crippen LogP contribution in [0.5, 0.6) is 0 Å². The van der Waals surface area contributed by atoms with E-state index < -0.39 is 24.6 Å². The average Bonchev–Trinajstić information content (AvgIpc) is 3.34. The highest BCUT2D eigenvalue weighted by atomic mass is 31.1. The lowest BCUT2D eigenvalue weighted by Gasteiger charge is -2.46. The summed E-state index contributed by atoms with van der Waals surface area (Å²) in [5.41, 5.74) is 0. The smallest absolute Gasteiger partial charge is 0.192 e. The molecule has 0 radical (unpaired) electrons. The van der Waals surface area contributed by atoms with Crippen molar-refractivity contribution in [3.63, 3.8) is 0 Å². The maximum Gasteiger partial charge on any atom is 0.192 e. The van der Waals surface area contributed by atoms with E-state index in [1.54, 1.807) is 0 Å². The summed E-state index contributed by atoms with van der Waals surface area (Å²) in [5, 5.41) is 3.08. The number of allylic oxidation sites excluding steroid dienone is 4. The first-order valence-corrected chi connectivity index (χ1v) is 21.5. The minimum Gasteiger partial charge on any atom is -0.411 e. The van der Waals surface area contributed by atoms with E-state index in [4.69, 9.17) is 8.85 Å². The molecule has 38 heavy (non-hydrogen) atoms. The van der Waals surface area contributed by atoms with Crippen molar-refractivity contribution in [1.82, 2.24) is 0 Å². The van der Waals surface area contributed by atoms with E-state index in [9.17, 15) is 0 Å². The first kappa shape index (κ1) is 31.2. The molecule has 3 rings (SSSR count). The Morgan fingerprint density at radius 1 is 0.658 bits per heavy atom. The van der Waals surface area contributed by atoms with Gasteiger partial charge in [-0.25, -0.2) is 0 Å². The van der Waals surface area contributed by atoms with Crippen molar-refractivity contribution < 1.29 is 8.85 Å². The first-order chi connectivity index (χ1) is 17.6. The Kier molecular flexibility index (Phi) is 10.3. The van der Waals surface area contributed by atoms with Crippen LogP contribution in [0, 0.1) is 5.92 Å². The van der Waals surface area contributed by atoms with E-state index in [0.29, 0.717) is 5.92 Å². The molecule has 0 aliphatic heterocycles. The van der Waals surface area contributed by atoms with Crippen molar-refractivity contribution in [1.29, 1.82) is 0 Å². The van der Waals surface area contributed by atoms with Gasteiger partial charge in [-0.2, -0.15) is 0 Å². The quantitative estimate of drug-likeness (QED) is 0.200. The molecule has 5 heteroatoms. The van der Waals surface area contributed by atoms with Crippen molar-refractivity contribution >= 4 is 35.2 Å². The molecule has 0 spiro atoms. The minimum absolute atomic E-state index is 0.0268. The van der Waals surface area contributed by atoms with Crippen LogP contribution in [0.4, 0.5) is 0 Å². The van der Waals surface area contributed by atoms with Crippen molar-refractivity contribution in [3.05, 3.63) is 85.0 Å². The summed E-state index contributed by atoms with van der Waals surface area (Å²) in [6, 6.07) is 22.1. The monoisotopic (exact) mass is 566 g/mol. The van der Waals surface area contributed by atoms with Crippen LogP contribution in [0.15, 0.2) is 85.0 Å². The Hall–Kier alpha value is -1.30. The van der Waals surface area contributed by atoms with Gasteiger partial charge in [0.25, 0.3) is 0 Å². The fraction of sp³-hybridized carbons (Fsp3) is 0.515. The van der Waals surface area contributed by atoms with Gasteiger partial charge in [0.15, 0.2) is 16.6 Å². The van der Waals surface area contributed by atoms with Gasteiger partial charge in [0.2, 0.25) is 0 Å². The summed E-state index contributed by atoms with van der Waals surface area (Å²) >= 11 is 0. The molecule has 0 aromatic heterocycles. The fourth-order valence-corrected chi connectivity index (χ4v) is 9.57. The van der Waals surface area contributed by atoms with Crippen LogP contribution in [0.1, 0.15) is 48.0 Å². The lowest BCUT2D eigenvalue weighted by atomic mass is 10.0. The van der Waals surface area contributed by atoms with Gasteiger partial charge in [0, 0.05) is 6.16 Å². The summed E-state index contributed by atoms with van der Waals surface area (Å²) in [4.78, 5) is 0. The maximum absolute atomic E-state index is 7.41. The zero-order chi connectivity index (χ0) is 28.2. The van der Waals surface area contributed by atoms with Gasteiger partial charge in [-0.15, -0.1) is 0 Å². The zero-order valence-corrected chi connectivity index (χ0v) is 28.4. The summed E-state index contributed by atoms with van der Waals surface area (Å²) in [5.74, 6) is 0.398. The van der Waals surface area contributed by atoms with Crippen LogP contribution >= 0.6 is 7.92 Å². The van der Waals surface area contributed by atoms with Gasteiger partial charge >= 0.3 is 0 Å². The lowest BCUT2D eigenvalue weighted by Crippen LogP contribution is -2.53. The third-order valence-corrected chi connectivity index (χ3v) is 20.3. The summed E-state index contributed by atoms with van der Waals surface area (Å²) in [6.45, 7) is 23.6. The SMILES string of the molecule is CC(C)(C)[Si](C)(C)O[C@@H](CC1C=CC=C1)[C@H](CP(c1ccccc1)c1ccccc1)O[Si](C)(C)C(C)(C)C. The highest BCUT2D eigenvalue weighted by Crippen LogP contribution is 2.44. The zero-order valence-electron chi connectivity index (χ0n) is 25.5. The van der Waals surface area contributed by atoms with Crippen molar-refractivity contribution in [3.8, 4) is 0 Å². The van der Waals surface area contributed by atoms with Crippen LogP contribution in [0.2, 0.25) is 36.3 Å². The maximum atomic E-state index is 7.41. The number of rotatable bonds is 11. The molecule has 1 aliphatic rings. The third kappa shape index (κ3) is 8.11. The molecule has 2 atom stereocenters. The first-order valence-electron chi connectivity index (χ1n) is 14.2. The normalized spacial score (nSPS) is 16.8. The summed E-state index contributed by atoms with van der Waals surface area (Å²) in [6.07, 6.45) is 11.0. The molecular formula is C33H51O2PSi2. The Morgan fingerprint density at radius 2 is 1.05 bits per heavy atom. The van der Waals surface area contributed by atoms with Crippen LogP contribution in [0.3, 0.4) is 0 Å².